The average Bonchev–Trinajstić information content (AvgIpc) is 2.62. The minimum absolute atomic E-state index is 0.131. The maximum absolute atomic E-state index is 11.6. The molecule has 2 aliphatic rings. The van der Waals surface area contributed by atoms with Gasteiger partial charge in [-0.1, -0.05) is 13.8 Å². The second-order valence-electron chi connectivity index (χ2n) is 5.46. The molecule has 0 aliphatic heterocycles. The molecule has 1 aromatic heterocycles. The number of carbonyl (C=O) groups is 1. The first-order valence-electron chi connectivity index (χ1n) is 5.61. The quantitative estimate of drug-likeness (QED) is 0.445. The summed E-state index contributed by atoms with van der Waals surface area (Å²) in [5.41, 5.74) is 5.39. The largest absolute Gasteiger partial charge is 0.289 e. The van der Waals surface area contributed by atoms with Gasteiger partial charge in [0, 0.05) is 4.88 Å². The molecule has 0 spiro atoms. The highest BCUT2D eigenvalue weighted by Crippen LogP contribution is 2.71. The highest BCUT2D eigenvalue weighted by Gasteiger charge is 2.63. The van der Waals surface area contributed by atoms with Crippen LogP contribution in [0.15, 0.2) is 0 Å². The molecule has 4 heteroatoms. The standard InChI is InChI=1S/C12H16N2OS/c1-5-8-6(10(16-5)11(15)14-13)4-7-9(8)12(7,2)3/h7,9H,4,13H2,1-3H3,(H,14,15). The van der Waals surface area contributed by atoms with Gasteiger partial charge in [-0.2, -0.15) is 0 Å². The van der Waals surface area contributed by atoms with Gasteiger partial charge in [-0.3, -0.25) is 10.2 Å². The summed E-state index contributed by atoms with van der Waals surface area (Å²) in [6.07, 6.45) is 1.06. The summed E-state index contributed by atoms with van der Waals surface area (Å²) >= 11 is 1.59. The summed E-state index contributed by atoms with van der Waals surface area (Å²) in [6, 6.07) is 0. The van der Waals surface area contributed by atoms with Crippen molar-refractivity contribution in [1.82, 2.24) is 5.43 Å². The first-order chi connectivity index (χ1) is 7.48. The topological polar surface area (TPSA) is 55.1 Å². The second-order valence-corrected chi connectivity index (χ2v) is 6.69. The fourth-order valence-corrected chi connectivity index (χ4v) is 4.52. The van der Waals surface area contributed by atoms with E-state index in [1.165, 1.54) is 16.0 Å². The zero-order valence-corrected chi connectivity index (χ0v) is 10.6. The van der Waals surface area contributed by atoms with Gasteiger partial charge in [0.15, 0.2) is 0 Å². The van der Waals surface area contributed by atoms with E-state index >= 15 is 0 Å². The third kappa shape index (κ3) is 1.04. The van der Waals surface area contributed by atoms with Crippen LogP contribution in [0.4, 0.5) is 0 Å². The Morgan fingerprint density at radius 1 is 1.56 bits per heavy atom. The predicted octanol–water partition coefficient (Wildman–Crippen LogP) is 1.96. The minimum Gasteiger partial charge on any atom is -0.289 e. The molecule has 2 unspecified atom stereocenters. The Labute approximate surface area is 99.0 Å². The van der Waals surface area contributed by atoms with Gasteiger partial charge >= 0.3 is 0 Å². The number of rotatable bonds is 1. The number of nitrogens with two attached hydrogens (primary N) is 1. The third-order valence-corrected chi connectivity index (χ3v) is 5.52. The molecule has 1 aromatic rings. The first-order valence-corrected chi connectivity index (χ1v) is 6.43. The Balaban J connectivity index is 2.08. The summed E-state index contributed by atoms with van der Waals surface area (Å²) in [4.78, 5) is 13.8. The monoisotopic (exact) mass is 236 g/mol. The molecule has 86 valence electrons. The van der Waals surface area contributed by atoms with E-state index < -0.39 is 0 Å². The van der Waals surface area contributed by atoms with Crippen LogP contribution in [0.3, 0.4) is 0 Å². The number of amides is 1. The van der Waals surface area contributed by atoms with Crippen LogP contribution < -0.4 is 11.3 Å². The molecule has 0 saturated heterocycles. The highest BCUT2D eigenvalue weighted by atomic mass is 32.1. The number of fused-ring (bicyclic) bond motifs is 3. The van der Waals surface area contributed by atoms with Gasteiger partial charge in [0.1, 0.15) is 0 Å². The zero-order valence-electron chi connectivity index (χ0n) is 9.76. The molecule has 3 N–H and O–H groups in total. The van der Waals surface area contributed by atoms with Crippen molar-refractivity contribution in [3.63, 3.8) is 0 Å². The van der Waals surface area contributed by atoms with Gasteiger partial charge in [0.25, 0.3) is 5.91 Å². The normalized spacial score (nSPS) is 28.5. The van der Waals surface area contributed by atoms with Crippen LogP contribution in [0.25, 0.3) is 0 Å². The molecule has 0 aromatic carbocycles. The Hall–Kier alpha value is -0.870. The van der Waals surface area contributed by atoms with Gasteiger partial charge in [0.2, 0.25) is 0 Å². The number of thiophene rings is 1. The summed E-state index contributed by atoms with van der Waals surface area (Å²) in [5.74, 6) is 6.51. The molecule has 0 radical (unpaired) electrons. The number of aryl methyl sites for hydroxylation is 1. The Morgan fingerprint density at radius 2 is 2.25 bits per heavy atom. The van der Waals surface area contributed by atoms with Crippen molar-refractivity contribution in [3.05, 3.63) is 20.9 Å². The van der Waals surface area contributed by atoms with E-state index in [0.29, 0.717) is 11.3 Å². The lowest BCUT2D eigenvalue weighted by molar-refractivity contribution is 0.0956. The van der Waals surface area contributed by atoms with E-state index in [1.807, 2.05) is 0 Å². The third-order valence-electron chi connectivity index (χ3n) is 4.36. The lowest BCUT2D eigenvalue weighted by Gasteiger charge is -2.09. The van der Waals surface area contributed by atoms with E-state index in [0.717, 1.165) is 17.2 Å². The fraction of sp³-hybridized carbons (Fsp3) is 0.583. The maximum Gasteiger partial charge on any atom is 0.275 e. The highest BCUT2D eigenvalue weighted by molar-refractivity contribution is 7.14. The van der Waals surface area contributed by atoms with E-state index in [-0.39, 0.29) is 5.91 Å². The van der Waals surface area contributed by atoms with E-state index in [9.17, 15) is 4.79 Å². The van der Waals surface area contributed by atoms with Gasteiger partial charge in [-0.05, 0) is 41.7 Å². The van der Waals surface area contributed by atoms with Crippen LogP contribution in [0.1, 0.15) is 45.4 Å². The maximum atomic E-state index is 11.6. The van der Waals surface area contributed by atoms with Gasteiger partial charge in [0.05, 0.1) is 4.88 Å². The summed E-state index contributed by atoms with van der Waals surface area (Å²) < 4.78 is 0. The zero-order chi connectivity index (χ0) is 11.7. The molecule has 3 rings (SSSR count). The number of hydrogen-bond donors (Lipinski definition) is 2. The van der Waals surface area contributed by atoms with E-state index in [2.05, 4.69) is 26.2 Å². The van der Waals surface area contributed by atoms with Crippen LogP contribution in [-0.4, -0.2) is 5.91 Å². The van der Waals surface area contributed by atoms with Crippen LogP contribution in [0.2, 0.25) is 0 Å². The molecule has 0 bridgehead atoms. The Bertz CT molecular complexity index is 489. The van der Waals surface area contributed by atoms with Crippen molar-refractivity contribution < 1.29 is 4.79 Å². The molecule has 16 heavy (non-hydrogen) atoms. The van der Waals surface area contributed by atoms with Crippen LogP contribution >= 0.6 is 11.3 Å². The van der Waals surface area contributed by atoms with Crippen molar-refractivity contribution in [2.75, 3.05) is 0 Å². The SMILES string of the molecule is Cc1sc(C(=O)NN)c2c1C1C(C2)C1(C)C. The lowest BCUT2D eigenvalue weighted by atomic mass is 9.95. The van der Waals surface area contributed by atoms with Crippen molar-refractivity contribution in [1.29, 1.82) is 0 Å². The van der Waals surface area contributed by atoms with Crippen LogP contribution in [-0.2, 0) is 6.42 Å². The average molecular weight is 236 g/mol. The van der Waals surface area contributed by atoms with E-state index in [1.54, 1.807) is 11.3 Å². The van der Waals surface area contributed by atoms with Crippen molar-refractivity contribution in [2.24, 2.45) is 17.2 Å². The Kier molecular flexibility index (Phi) is 1.85. The number of hydrogen-bond acceptors (Lipinski definition) is 3. The molecule has 1 fully saturated rings. The number of carbonyl (C=O) groups excluding carboxylic acids is 1. The summed E-state index contributed by atoms with van der Waals surface area (Å²) in [5, 5.41) is 0. The second kappa shape index (κ2) is 2.87. The lowest BCUT2D eigenvalue weighted by Crippen LogP contribution is -2.30. The smallest absolute Gasteiger partial charge is 0.275 e. The number of nitrogen functional groups attached to an aromatic ring is 1. The van der Waals surface area contributed by atoms with Crippen molar-refractivity contribution >= 4 is 17.2 Å². The molecule has 1 heterocycles. The molecule has 3 nitrogen and oxygen atoms in total. The minimum atomic E-state index is -0.131. The number of nitrogens with one attached hydrogen (secondary N) is 1. The molecule has 2 aliphatic carbocycles. The van der Waals surface area contributed by atoms with Gasteiger partial charge < -0.3 is 0 Å². The molecule has 2 atom stereocenters. The van der Waals surface area contributed by atoms with Crippen LogP contribution in [0, 0.1) is 18.3 Å². The van der Waals surface area contributed by atoms with Crippen molar-refractivity contribution in [2.45, 2.75) is 33.1 Å². The van der Waals surface area contributed by atoms with Crippen molar-refractivity contribution in [3.8, 4) is 0 Å². The van der Waals surface area contributed by atoms with Crippen LogP contribution in [0.5, 0.6) is 0 Å². The fourth-order valence-electron chi connectivity index (χ4n) is 3.38. The Morgan fingerprint density at radius 3 is 2.88 bits per heavy atom. The summed E-state index contributed by atoms with van der Waals surface area (Å²) in [6.45, 7) is 6.77. The molecule has 1 saturated carbocycles. The molecular weight excluding hydrogens is 220 g/mol. The first kappa shape index (κ1) is 10.3. The van der Waals surface area contributed by atoms with Gasteiger partial charge in [-0.25, -0.2) is 5.84 Å². The predicted molar refractivity (Wildman–Crippen MR) is 64.4 cm³/mol. The molecule has 1 amide bonds. The van der Waals surface area contributed by atoms with E-state index in [4.69, 9.17) is 5.84 Å². The summed E-state index contributed by atoms with van der Waals surface area (Å²) in [7, 11) is 0. The van der Waals surface area contributed by atoms with Gasteiger partial charge in [-0.15, -0.1) is 11.3 Å². The number of hydrazine groups is 1. The molecular formula is C12H16N2OS.